The topological polar surface area (TPSA) is 36.8 Å². The number of nitrogens with zero attached hydrogens (tertiary/aromatic N) is 2. The molecule has 1 aliphatic rings. The molecular weight excluding hydrogens is 150 g/mol. The summed E-state index contributed by atoms with van der Waals surface area (Å²) in [6.07, 6.45) is 5.74. The van der Waals surface area contributed by atoms with Crippen LogP contribution in [0.5, 0.6) is 0 Å². The molecule has 1 aliphatic heterocycles. The number of rotatable bonds is 5. The molecule has 68 valence electrons. The van der Waals surface area contributed by atoms with Gasteiger partial charge in [-0.15, -0.1) is 0 Å². The van der Waals surface area contributed by atoms with E-state index in [1.165, 1.54) is 0 Å². The fraction of sp³-hybridized carbons (Fsp3) is 0.778. The Morgan fingerprint density at radius 1 is 1.33 bits per heavy atom. The van der Waals surface area contributed by atoms with Gasteiger partial charge in [-0.1, -0.05) is 6.92 Å². The van der Waals surface area contributed by atoms with Gasteiger partial charge in [0, 0.05) is 12.4 Å². The van der Waals surface area contributed by atoms with Crippen LogP contribution >= 0.6 is 0 Å². The van der Waals surface area contributed by atoms with Crippen molar-refractivity contribution in [2.75, 3.05) is 13.1 Å². The molecule has 0 spiro atoms. The van der Waals surface area contributed by atoms with Crippen molar-refractivity contribution in [3.8, 4) is 0 Å². The Morgan fingerprint density at radius 2 is 2.00 bits per heavy atom. The van der Waals surface area contributed by atoms with Crippen molar-refractivity contribution >= 4 is 12.4 Å². The van der Waals surface area contributed by atoms with Crippen molar-refractivity contribution in [1.29, 1.82) is 0 Å². The smallest absolute Gasteiger partial charge is 0.147 e. The SMILES string of the molecule is CCNCCCC1(C)N=CC=N1. The molecule has 0 radical (unpaired) electrons. The minimum Gasteiger partial charge on any atom is -0.317 e. The summed E-state index contributed by atoms with van der Waals surface area (Å²) in [6.45, 7) is 6.30. The second-order valence-electron chi connectivity index (χ2n) is 3.23. The van der Waals surface area contributed by atoms with Crippen molar-refractivity contribution in [3.05, 3.63) is 0 Å². The zero-order valence-electron chi connectivity index (χ0n) is 7.88. The maximum atomic E-state index is 4.29. The van der Waals surface area contributed by atoms with E-state index in [1.54, 1.807) is 12.4 Å². The maximum absolute atomic E-state index is 4.29. The molecule has 0 saturated carbocycles. The normalized spacial score (nSPS) is 18.8. The van der Waals surface area contributed by atoms with Gasteiger partial charge in [-0.25, -0.2) is 0 Å². The molecule has 0 atom stereocenters. The predicted molar refractivity (Wildman–Crippen MR) is 53.2 cm³/mol. The molecule has 0 fully saturated rings. The molecule has 3 nitrogen and oxygen atoms in total. The molecule has 0 unspecified atom stereocenters. The van der Waals surface area contributed by atoms with Crippen LogP contribution in [-0.4, -0.2) is 31.2 Å². The van der Waals surface area contributed by atoms with E-state index < -0.39 is 0 Å². The predicted octanol–water partition coefficient (Wildman–Crippen LogP) is 1.25. The lowest BCUT2D eigenvalue weighted by Crippen LogP contribution is -2.20. The number of aliphatic imine (C=N–C) groups is 2. The third-order valence-corrected chi connectivity index (χ3v) is 2.03. The lowest BCUT2D eigenvalue weighted by molar-refractivity contribution is 0.443. The van der Waals surface area contributed by atoms with Crippen molar-refractivity contribution in [1.82, 2.24) is 5.32 Å². The molecule has 0 aliphatic carbocycles. The van der Waals surface area contributed by atoms with Gasteiger partial charge in [0.15, 0.2) is 0 Å². The summed E-state index contributed by atoms with van der Waals surface area (Å²) in [6, 6.07) is 0. The standard InChI is InChI=1S/C9H17N3/c1-3-10-6-4-5-9(2)11-7-8-12-9/h7-8,10H,3-6H2,1-2H3. The van der Waals surface area contributed by atoms with Gasteiger partial charge in [0.1, 0.15) is 5.66 Å². The second-order valence-corrected chi connectivity index (χ2v) is 3.23. The van der Waals surface area contributed by atoms with Gasteiger partial charge in [0.05, 0.1) is 0 Å². The third-order valence-electron chi connectivity index (χ3n) is 2.03. The summed E-state index contributed by atoms with van der Waals surface area (Å²) in [4.78, 5) is 8.58. The van der Waals surface area contributed by atoms with Gasteiger partial charge < -0.3 is 5.32 Å². The van der Waals surface area contributed by atoms with E-state index >= 15 is 0 Å². The van der Waals surface area contributed by atoms with Crippen molar-refractivity contribution in [3.63, 3.8) is 0 Å². The monoisotopic (exact) mass is 167 g/mol. The first kappa shape index (κ1) is 9.39. The molecule has 0 aromatic carbocycles. The van der Waals surface area contributed by atoms with Crippen LogP contribution in [0.1, 0.15) is 26.7 Å². The summed E-state index contributed by atoms with van der Waals surface area (Å²) in [5.41, 5.74) is -0.157. The molecule has 12 heavy (non-hydrogen) atoms. The molecule has 0 amide bonds. The maximum Gasteiger partial charge on any atom is 0.147 e. The Labute approximate surface area is 74.0 Å². The third kappa shape index (κ3) is 2.74. The molecule has 0 saturated heterocycles. The fourth-order valence-corrected chi connectivity index (χ4v) is 1.28. The van der Waals surface area contributed by atoms with Crippen molar-refractivity contribution < 1.29 is 0 Å². The van der Waals surface area contributed by atoms with E-state index in [9.17, 15) is 0 Å². The first-order valence-corrected chi connectivity index (χ1v) is 4.56. The Hall–Kier alpha value is -0.700. The van der Waals surface area contributed by atoms with Gasteiger partial charge in [-0.05, 0) is 32.9 Å². The van der Waals surface area contributed by atoms with Gasteiger partial charge in [0.25, 0.3) is 0 Å². The summed E-state index contributed by atoms with van der Waals surface area (Å²) >= 11 is 0. The quantitative estimate of drug-likeness (QED) is 0.615. The molecule has 1 rings (SSSR count). The highest BCUT2D eigenvalue weighted by Crippen LogP contribution is 2.20. The molecule has 0 bridgehead atoms. The van der Waals surface area contributed by atoms with Crippen LogP contribution in [0.15, 0.2) is 9.98 Å². The van der Waals surface area contributed by atoms with Gasteiger partial charge >= 0.3 is 0 Å². The Kier molecular flexibility index (Phi) is 3.41. The van der Waals surface area contributed by atoms with Crippen LogP contribution in [0.25, 0.3) is 0 Å². The summed E-state index contributed by atoms with van der Waals surface area (Å²) < 4.78 is 0. The lowest BCUT2D eigenvalue weighted by atomic mass is 10.1. The van der Waals surface area contributed by atoms with Crippen LogP contribution in [0.2, 0.25) is 0 Å². The van der Waals surface area contributed by atoms with Crippen LogP contribution < -0.4 is 5.32 Å². The highest BCUT2D eigenvalue weighted by atomic mass is 15.1. The molecule has 0 aromatic rings. The number of nitrogens with one attached hydrogen (secondary N) is 1. The van der Waals surface area contributed by atoms with E-state index in [0.29, 0.717) is 0 Å². The minimum absolute atomic E-state index is 0.157. The Morgan fingerprint density at radius 3 is 2.58 bits per heavy atom. The first-order valence-electron chi connectivity index (χ1n) is 4.56. The molecule has 1 heterocycles. The van der Waals surface area contributed by atoms with E-state index in [-0.39, 0.29) is 5.66 Å². The zero-order chi connectivity index (χ0) is 8.86. The van der Waals surface area contributed by atoms with Crippen LogP contribution in [-0.2, 0) is 0 Å². The molecule has 3 heteroatoms. The number of hydrogen-bond donors (Lipinski definition) is 1. The summed E-state index contributed by atoms with van der Waals surface area (Å²) in [5, 5.41) is 3.29. The Bertz CT molecular complexity index is 172. The van der Waals surface area contributed by atoms with Gasteiger partial charge in [0.2, 0.25) is 0 Å². The van der Waals surface area contributed by atoms with E-state index in [0.717, 1.165) is 25.9 Å². The highest BCUT2D eigenvalue weighted by molar-refractivity contribution is 6.17. The largest absolute Gasteiger partial charge is 0.317 e. The van der Waals surface area contributed by atoms with Crippen LogP contribution in [0.4, 0.5) is 0 Å². The Balaban J connectivity index is 2.14. The van der Waals surface area contributed by atoms with Crippen molar-refractivity contribution in [2.24, 2.45) is 9.98 Å². The van der Waals surface area contributed by atoms with Crippen LogP contribution in [0, 0.1) is 0 Å². The first-order chi connectivity index (χ1) is 5.77. The second kappa shape index (κ2) is 4.36. The van der Waals surface area contributed by atoms with Crippen LogP contribution in [0.3, 0.4) is 0 Å². The average Bonchev–Trinajstić information content (AvgIpc) is 2.47. The highest BCUT2D eigenvalue weighted by Gasteiger charge is 2.21. The average molecular weight is 167 g/mol. The molecule has 1 N–H and O–H groups in total. The van der Waals surface area contributed by atoms with Gasteiger partial charge in [-0.3, -0.25) is 9.98 Å². The van der Waals surface area contributed by atoms with Crippen molar-refractivity contribution in [2.45, 2.75) is 32.4 Å². The van der Waals surface area contributed by atoms with E-state index in [4.69, 9.17) is 0 Å². The molecular formula is C9H17N3. The van der Waals surface area contributed by atoms with E-state index in [2.05, 4.69) is 29.1 Å². The minimum atomic E-state index is -0.157. The zero-order valence-corrected chi connectivity index (χ0v) is 7.88. The van der Waals surface area contributed by atoms with E-state index in [1.807, 2.05) is 0 Å². The fourth-order valence-electron chi connectivity index (χ4n) is 1.28. The lowest BCUT2D eigenvalue weighted by Gasteiger charge is -2.16. The summed E-state index contributed by atoms with van der Waals surface area (Å²) in [5.74, 6) is 0. The summed E-state index contributed by atoms with van der Waals surface area (Å²) in [7, 11) is 0. The number of hydrogen-bond acceptors (Lipinski definition) is 3. The molecule has 0 aromatic heterocycles. The van der Waals surface area contributed by atoms with Gasteiger partial charge in [-0.2, -0.15) is 0 Å².